The maximum atomic E-state index is 13.6. The second-order valence-corrected chi connectivity index (χ2v) is 14.0. The predicted octanol–water partition coefficient (Wildman–Crippen LogP) is 7.66. The van der Waals surface area contributed by atoms with Crippen LogP contribution in [0.3, 0.4) is 0 Å². The van der Waals surface area contributed by atoms with Gasteiger partial charge < -0.3 is 19.3 Å². The number of amides is 1. The van der Waals surface area contributed by atoms with E-state index in [4.69, 9.17) is 37.4 Å². The second kappa shape index (κ2) is 15.2. The number of phenols is 1. The molecule has 2 aromatic carbocycles. The number of aromatic hydroxyl groups is 1. The number of phenolic OH excluding ortho intramolecular Hbond substituents is 1. The first kappa shape index (κ1) is 34.1. The highest BCUT2D eigenvalue weighted by atomic mass is 35.5. The number of ether oxygens (including phenoxy) is 3. The van der Waals surface area contributed by atoms with Crippen molar-refractivity contribution in [1.29, 1.82) is 0 Å². The van der Waals surface area contributed by atoms with Crippen molar-refractivity contribution in [2.75, 3.05) is 31.1 Å². The lowest BCUT2D eigenvalue weighted by Gasteiger charge is -2.44. The zero-order valence-electron chi connectivity index (χ0n) is 27.4. The van der Waals surface area contributed by atoms with Crippen LogP contribution < -0.4 is 9.64 Å². The van der Waals surface area contributed by atoms with Gasteiger partial charge in [0, 0.05) is 31.6 Å². The molecule has 1 amide bonds. The lowest BCUT2D eigenvalue weighted by molar-refractivity contribution is -0.0311. The zero-order valence-corrected chi connectivity index (χ0v) is 28.9. The van der Waals surface area contributed by atoms with Crippen molar-refractivity contribution in [3.63, 3.8) is 0 Å². The summed E-state index contributed by atoms with van der Waals surface area (Å²) in [4.78, 5) is 39.4. The van der Waals surface area contributed by atoms with Crippen molar-refractivity contribution in [3.05, 3.63) is 112 Å². The third-order valence-electron chi connectivity index (χ3n) is 9.67. The Bertz CT molecular complexity index is 1800. The van der Waals surface area contributed by atoms with E-state index in [0.29, 0.717) is 56.6 Å². The van der Waals surface area contributed by atoms with E-state index < -0.39 is 18.2 Å². The van der Waals surface area contributed by atoms with E-state index in [1.165, 1.54) is 18.5 Å². The molecule has 50 heavy (non-hydrogen) atoms. The SMILES string of the molecule is O=C(O[C@H](Cc1c(Cl)cncc1Cl)c1ccc(O)c(OCC2CC2)c1)c1ccc(CN(C(=O)O[C@H]2CN3CCC2CC3)c2cccnc2)cc1. The average molecular weight is 718 g/mol. The zero-order chi connectivity index (χ0) is 34.6. The van der Waals surface area contributed by atoms with Crippen LogP contribution >= 0.6 is 23.2 Å². The van der Waals surface area contributed by atoms with Crippen molar-refractivity contribution in [3.8, 4) is 11.5 Å². The van der Waals surface area contributed by atoms with E-state index >= 15 is 0 Å². The number of carbonyl (C=O) groups is 2. The first-order chi connectivity index (χ1) is 24.3. The van der Waals surface area contributed by atoms with Crippen LogP contribution in [0.5, 0.6) is 11.5 Å². The van der Waals surface area contributed by atoms with E-state index in [2.05, 4.69) is 14.9 Å². The third-order valence-corrected chi connectivity index (χ3v) is 10.3. The maximum Gasteiger partial charge on any atom is 0.414 e. The van der Waals surface area contributed by atoms with Gasteiger partial charge in [0.2, 0.25) is 0 Å². The fraction of sp³-hybridized carbons (Fsp3) is 0.368. The van der Waals surface area contributed by atoms with Gasteiger partial charge in [0.05, 0.1) is 40.6 Å². The number of piperidine rings is 3. The highest BCUT2D eigenvalue weighted by Crippen LogP contribution is 2.37. The lowest BCUT2D eigenvalue weighted by atomic mass is 9.86. The summed E-state index contributed by atoms with van der Waals surface area (Å²) in [6, 6.07) is 15.4. The summed E-state index contributed by atoms with van der Waals surface area (Å²) in [6.07, 6.45) is 9.33. The molecule has 0 radical (unpaired) electrons. The highest BCUT2D eigenvalue weighted by molar-refractivity contribution is 6.35. The molecular formula is C38H38Cl2N4O6. The van der Waals surface area contributed by atoms with Crippen molar-refractivity contribution >= 4 is 41.0 Å². The number of hydrogen-bond donors (Lipinski definition) is 1. The summed E-state index contributed by atoms with van der Waals surface area (Å²) < 4.78 is 18.1. The number of rotatable bonds is 12. The quantitative estimate of drug-likeness (QED) is 0.148. The van der Waals surface area contributed by atoms with Crippen LogP contribution in [-0.4, -0.2) is 64.4 Å². The lowest BCUT2D eigenvalue weighted by Crippen LogP contribution is -2.53. The Hall–Kier alpha value is -4.38. The molecule has 1 aliphatic carbocycles. The summed E-state index contributed by atoms with van der Waals surface area (Å²) in [7, 11) is 0. The van der Waals surface area contributed by atoms with Gasteiger partial charge in [-0.15, -0.1) is 0 Å². The Labute approximate surface area is 300 Å². The van der Waals surface area contributed by atoms with Crippen LogP contribution in [0.2, 0.25) is 10.0 Å². The minimum absolute atomic E-state index is 0.00278. The standard InChI is InChI=1S/C38H38Cl2N4O6/c39-31-19-42-20-32(40)30(31)17-34(28-9-10-33(45)35(16-28)48-23-25-3-4-25)49-37(46)27-7-5-24(6-8-27)21-44(29-2-1-13-41-18-29)38(47)50-36-22-43-14-11-26(36)12-15-43/h1-2,5-10,13,16,18-20,25-26,34,36,45H,3-4,11-12,14-15,17,21-23H2/t34-,36+/m1/s1. The number of hydrogen-bond acceptors (Lipinski definition) is 9. The summed E-state index contributed by atoms with van der Waals surface area (Å²) in [6.45, 7) is 3.59. The minimum atomic E-state index is -0.814. The largest absolute Gasteiger partial charge is 0.504 e. The first-order valence-electron chi connectivity index (χ1n) is 16.9. The molecule has 4 aromatic rings. The molecule has 1 saturated carbocycles. The number of pyridine rings is 2. The van der Waals surface area contributed by atoms with Crippen molar-refractivity contribution in [1.82, 2.24) is 14.9 Å². The van der Waals surface area contributed by atoms with Crippen molar-refractivity contribution in [2.24, 2.45) is 11.8 Å². The monoisotopic (exact) mass is 716 g/mol. The van der Waals surface area contributed by atoms with E-state index in [-0.39, 0.29) is 24.8 Å². The van der Waals surface area contributed by atoms with Gasteiger partial charge in [-0.25, -0.2) is 9.59 Å². The number of anilines is 1. The molecule has 12 heteroatoms. The van der Waals surface area contributed by atoms with Crippen molar-refractivity contribution in [2.45, 2.75) is 50.9 Å². The van der Waals surface area contributed by atoms with E-state index in [0.717, 1.165) is 50.9 Å². The Morgan fingerprint density at radius 2 is 1.72 bits per heavy atom. The molecule has 5 heterocycles. The van der Waals surface area contributed by atoms with Crippen LogP contribution in [0, 0.1) is 11.8 Å². The van der Waals surface area contributed by atoms with Crippen LogP contribution in [0.15, 0.2) is 79.4 Å². The molecule has 2 bridgehead atoms. The molecule has 260 valence electrons. The molecule has 10 nitrogen and oxygen atoms in total. The number of nitrogens with zero attached hydrogens (tertiary/aromatic N) is 4. The molecular weight excluding hydrogens is 679 g/mol. The fourth-order valence-electron chi connectivity index (χ4n) is 6.52. The molecule has 0 spiro atoms. The number of aromatic nitrogens is 2. The van der Waals surface area contributed by atoms with Crippen LogP contribution in [-0.2, 0) is 22.4 Å². The molecule has 2 aromatic heterocycles. The van der Waals surface area contributed by atoms with Gasteiger partial charge in [-0.3, -0.25) is 19.8 Å². The molecule has 1 N–H and O–H groups in total. The summed E-state index contributed by atoms with van der Waals surface area (Å²) in [5.41, 5.74) is 2.91. The minimum Gasteiger partial charge on any atom is -0.504 e. The predicted molar refractivity (Wildman–Crippen MR) is 189 cm³/mol. The van der Waals surface area contributed by atoms with Crippen LogP contribution in [0.25, 0.3) is 0 Å². The molecule has 2 atom stereocenters. The summed E-state index contributed by atoms with van der Waals surface area (Å²) >= 11 is 12.9. The normalized spacial score (nSPS) is 20.2. The highest BCUT2D eigenvalue weighted by Gasteiger charge is 2.37. The topological polar surface area (TPSA) is 114 Å². The third kappa shape index (κ3) is 8.15. The van der Waals surface area contributed by atoms with Gasteiger partial charge in [-0.1, -0.05) is 41.4 Å². The average Bonchev–Trinajstić information content (AvgIpc) is 3.97. The van der Waals surface area contributed by atoms with Crippen LogP contribution in [0.1, 0.15) is 58.8 Å². The Kier molecular flexibility index (Phi) is 10.4. The Balaban J connectivity index is 1.08. The van der Waals surface area contributed by atoms with Gasteiger partial charge in [-0.2, -0.15) is 0 Å². The molecule has 8 rings (SSSR count). The van der Waals surface area contributed by atoms with Crippen molar-refractivity contribution < 1.29 is 28.9 Å². The molecule has 4 aliphatic rings. The van der Waals surface area contributed by atoms with Gasteiger partial charge in [0.15, 0.2) is 11.5 Å². The number of halogens is 2. The molecule has 0 unspecified atom stereocenters. The van der Waals surface area contributed by atoms with E-state index in [1.54, 1.807) is 59.8 Å². The van der Waals surface area contributed by atoms with E-state index in [1.807, 2.05) is 6.07 Å². The fourth-order valence-corrected chi connectivity index (χ4v) is 7.04. The molecule has 3 saturated heterocycles. The second-order valence-electron chi connectivity index (χ2n) is 13.2. The summed E-state index contributed by atoms with van der Waals surface area (Å²) in [5, 5.41) is 11.2. The first-order valence-corrected chi connectivity index (χ1v) is 17.7. The Morgan fingerprint density at radius 1 is 0.960 bits per heavy atom. The number of carbonyl (C=O) groups excluding carboxylic acids is 2. The van der Waals surface area contributed by atoms with Gasteiger partial charge in [-0.05, 0) is 104 Å². The number of fused-ring (bicyclic) bond motifs is 3. The van der Waals surface area contributed by atoms with Gasteiger partial charge >= 0.3 is 12.1 Å². The van der Waals surface area contributed by atoms with Crippen LogP contribution in [0.4, 0.5) is 10.5 Å². The Morgan fingerprint density at radius 3 is 2.38 bits per heavy atom. The number of benzene rings is 2. The summed E-state index contributed by atoms with van der Waals surface area (Å²) in [5.74, 6) is 0.612. The molecule has 3 aliphatic heterocycles. The molecule has 4 fully saturated rings. The van der Waals surface area contributed by atoms with E-state index in [9.17, 15) is 14.7 Å². The van der Waals surface area contributed by atoms with Gasteiger partial charge in [0.25, 0.3) is 0 Å². The smallest absolute Gasteiger partial charge is 0.414 e. The van der Waals surface area contributed by atoms with Gasteiger partial charge in [0.1, 0.15) is 12.2 Å². The maximum absolute atomic E-state index is 13.6. The number of esters is 1.